The summed E-state index contributed by atoms with van der Waals surface area (Å²) in [6, 6.07) is 0.160. The number of hydrogen-bond acceptors (Lipinski definition) is 9. The maximum Gasteiger partial charge on any atom is 0.320 e. The van der Waals surface area contributed by atoms with Crippen LogP contribution in [-0.4, -0.2) is 91.5 Å². The third-order valence-electron chi connectivity index (χ3n) is 12.9. The van der Waals surface area contributed by atoms with Crippen molar-refractivity contribution >= 4 is 11.9 Å². The van der Waals surface area contributed by atoms with Gasteiger partial charge in [-0.15, -0.1) is 0 Å². The Kier molecular flexibility index (Phi) is 9.09. The lowest BCUT2D eigenvalue weighted by Gasteiger charge is -2.69. The molecule has 0 radical (unpaired) electrons. The van der Waals surface area contributed by atoms with Crippen molar-refractivity contribution in [2.24, 2.45) is 34.3 Å². The molecule has 44 heavy (non-hydrogen) atoms. The SMILES string of the molecule is CCC[C@H](N)/C=C/C[C@@H]1CC[C@H]2[C@@]1(C)CC[C@@H]1[C@@]23C=C[C@@]2(C[C@H](OC(=O)CN4CCN(CC(=O)OC)CC4)CC[C@@]12C)OO3. The van der Waals surface area contributed by atoms with Crippen LogP contribution in [0.15, 0.2) is 24.3 Å². The lowest BCUT2D eigenvalue weighted by Crippen LogP contribution is -2.73. The first kappa shape index (κ1) is 32.2. The van der Waals surface area contributed by atoms with Crippen LogP contribution in [0.4, 0.5) is 0 Å². The summed E-state index contributed by atoms with van der Waals surface area (Å²) in [7, 11) is 1.41. The summed E-state index contributed by atoms with van der Waals surface area (Å²) in [6.07, 6.45) is 19.5. The zero-order valence-electron chi connectivity index (χ0n) is 27.4. The first-order chi connectivity index (χ1) is 21.1. The van der Waals surface area contributed by atoms with Crippen molar-refractivity contribution in [1.29, 1.82) is 0 Å². The van der Waals surface area contributed by atoms with E-state index in [9.17, 15) is 9.59 Å². The second-order valence-corrected chi connectivity index (χ2v) is 15.2. The van der Waals surface area contributed by atoms with Gasteiger partial charge in [0.1, 0.15) is 17.3 Å². The van der Waals surface area contributed by atoms with Gasteiger partial charge in [-0.1, -0.05) is 45.4 Å². The molecule has 9 atom stereocenters. The van der Waals surface area contributed by atoms with E-state index in [1.54, 1.807) is 0 Å². The molecular weight excluding hydrogens is 558 g/mol. The van der Waals surface area contributed by atoms with Crippen LogP contribution in [-0.2, 0) is 28.8 Å². The fourth-order valence-corrected chi connectivity index (χ4v) is 10.3. The number of methoxy groups -OCH3 is 1. The molecule has 2 N–H and O–H groups in total. The van der Waals surface area contributed by atoms with Crippen molar-refractivity contribution in [3.05, 3.63) is 24.3 Å². The van der Waals surface area contributed by atoms with E-state index in [1.165, 1.54) is 26.4 Å². The molecule has 7 aliphatic rings. The second kappa shape index (κ2) is 12.4. The highest BCUT2D eigenvalue weighted by Gasteiger charge is 2.74. The van der Waals surface area contributed by atoms with Gasteiger partial charge in [0.05, 0.1) is 20.2 Å². The summed E-state index contributed by atoms with van der Waals surface area (Å²) in [5.41, 5.74) is 5.50. The summed E-state index contributed by atoms with van der Waals surface area (Å²) >= 11 is 0. The highest BCUT2D eigenvalue weighted by atomic mass is 17.2. The summed E-state index contributed by atoms with van der Waals surface area (Å²) in [5.74, 6) is 1.06. The zero-order chi connectivity index (χ0) is 31.2. The number of piperazine rings is 1. The van der Waals surface area contributed by atoms with E-state index in [0.717, 1.165) is 64.7 Å². The van der Waals surface area contributed by atoms with Crippen LogP contribution in [0.2, 0.25) is 0 Å². The quantitative estimate of drug-likeness (QED) is 0.218. The van der Waals surface area contributed by atoms with Gasteiger partial charge in [-0.25, -0.2) is 9.78 Å². The summed E-state index contributed by atoms with van der Waals surface area (Å²) in [4.78, 5) is 41.9. The minimum Gasteiger partial charge on any atom is -0.468 e. The summed E-state index contributed by atoms with van der Waals surface area (Å²) in [6.45, 7) is 10.6. The molecule has 0 aromatic carbocycles. The average Bonchev–Trinajstić information content (AvgIpc) is 3.35. The molecule has 3 saturated carbocycles. The maximum atomic E-state index is 13.0. The standard InChI is InChI=1S/C35H55N3O6/c1-5-7-26(36)9-6-8-25-10-11-28-32(25,2)14-13-29-33(3)15-12-27(22-34(33)16-17-35(28,29)44-43-34)42-31(40)24-38-20-18-37(19-21-38)23-30(39)41-4/h6,9,16-17,25-29H,5,7-8,10-15,18-24,36H2,1-4H3/b9-6+/t25-,26+,27-,28+,29+,32+,33+,34+,35-/m1/s1. The van der Waals surface area contributed by atoms with Crippen molar-refractivity contribution in [2.45, 2.75) is 108 Å². The third-order valence-corrected chi connectivity index (χ3v) is 12.9. The number of ether oxygens (including phenoxy) is 2. The van der Waals surface area contributed by atoms with Gasteiger partial charge in [-0.2, -0.15) is 0 Å². The number of nitrogens with zero attached hydrogens (tertiary/aromatic N) is 2. The summed E-state index contributed by atoms with van der Waals surface area (Å²) in [5, 5.41) is 0. The lowest BCUT2D eigenvalue weighted by molar-refractivity contribution is -0.497. The van der Waals surface area contributed by atoms with Crippen LogP contribution in [0.3, 0.4) is 0 Å². The lowest BCUT2D eigenvalue weighted by atomic mass is 9.43. The Morgan fingerprint density at radius 3 is 2.36 bits per heavy atom. The number of allylic oxidation sites excluding steroid dienone is 1. The number of carbonyl (C=O) groups is 2. The molecule has 9 nitrogen and oxygen atoms in total. The Labute approximate surface area is 263 Å². The molecule has 0 aromatic heterocycles. The predicted molar refractivity (Wildman–Crippen MR) is 167 cm³/mol. The van der Waals surface area contributed by atoms with E-state index < -0.39 is 5.60 Å². The molecule has 7 rings (SSSR count). The number of nitrogens with two attached hydrogens (primary N) is 1. The highest BCUT2D eigenvalue weighted by molar-refractivity contribution is 5.72. The maximum absolute atomic E-state index is 13.0. The van der Waals surface area contributed by atoms with Gasteiger partial charge in [-0.3, -0.25) is 19.4 Å². The molecule has 5 fully saturated rings. The van der Waals surface area contributed by atoms with Crippen LogP contribution < -0.4 is 5.73 Å². The largest absolute Gasteiger partial charge is 0.468 e. The van der Waals surface area contributed by atoms with E-state index in [4.69, 9.17) is 25.0 Å². The normalized spacial score (nSPS) is 42.5. The number of hydrogen-bond donors (Lipinski definition) is 1. The first-order valence-electron chi connectivity index (χ1n) is 17.3. The number of fused-ring (bicyclic) bond motifs is 2. The fraction of sp³-hybridized carbons (Fsp3) is 0.829. The Morgan fingerprint density at radius 1 is 0.977 bits per heavy atom. The summed E-state index contributed by atoms with van der Waals surface area (Å²) < 4.78 is 10.9. The van der Waals surface area contributed by atoms with Crippen LogP contribution in [0.25, 0.3) is 0 Å². The minimum absolute atomic E-state index is 0.0505. The van der Waals surface area contributed by atoms with Crippen molar-refractivity contribution in [3.63, 3.8) is 0 Å². The zero-order valence-corrected chi connectivity index (χ0v) is 27.4. The molecule has 0 amide bonds. The van der Waals surface area contributed by atoms with Crippen LogP contribution >= 0.6 is 0 Å². The molecule has 2 spiro atoms. The van der Waals surface area contributed by atoms with Gasteiger partial charge in [0.2, 0.25) is 0 Å². The van der Waals surface area contributed by atoms with Gasteiger partial charge in [-0.05, 0) is 68.8 Å². The molecule has 2 saturated heterocycles. The minimum atomic E-state index is -0.563. The number of rotatable bonds is 10. The molecule has 9 heteroatoms. The van der Waals surface area contributed by atoms with Gasteiger partial charge in [0.15, 0.2) is 0 Å². The van der Waals surface area contributed by atoms with Crippen molar-refractivity contribution in [3.8, 4) is 0 Å². The van der Waals surface area contributed by atoms with Crippen molar-refractivity contribution in [1.82, 2.24) is 9.80 Å². The van der Waals surface area contributed by atoms with E-state index in [1.807, 2.05) is 0 Å². The molecule has 0 aromatic rings. The van der Waals surface area contributed by atoms with Crippen molar-refractivity contribution in [2.75, 3.05) is 46.4 Å². The van der Waals surface area contributed by atoms with E-state index >= 15 is 0 Å². The van der Waals surface area contributed by atoms with E-state index in [0.29, 0.717) is 30.7 Å². The number of esters is 2. The molecule has 2 bridgehead atoms. The van der Waals surface area contributed by atoms with Crippen LogP contribution in [0, 0.1) is 28.6 Å². The molecule has 4 aliphatic carbocycles. The average molecular weight is 614 g/mol. The Hall–Kier alpha value is -1.78. The molecule has 3 aliphatic heterocycles. The van der Waals surface area contributed by atoms with E-state index in [2.05, 4.69) is 54.9 Å². The Bertz CT molecular complexity index is 1140. The van der Waals surface area contributed by atoms with Gasteiger partial charge < -0.3 is 15.2 Å². The first-order valence-corrected chi connectivity index (χ1v) is 17.3. The Morgan fingerprint density at radius 2 is 1.70 bits per heavy atom. The van der Waals surface area contributed by atoms with Gasteiger partial charge in [0.25, 0.3) is 0 Å². The highest BCUT2D eigenvalue weighted by Crippen LogP contribution is 2.72. The monoisotopic (exact) mass is 613 g/mol. The smallest absolute Gasteiger partial charge is 0.320 e. The van der Waals surface area contributed by atoms with Crippen molar-refractivity contribution < 1.29 is 28.8 Å². The second-order valence-electron chi connectivity index (χ2n) is 15.2. The van der Waals surface area contributed by atoms with Gasteiger partial charge in [0, 0.05) is 55.9 Å². The van der Waals surface area contributed by atoms with E-state index in [-0.39, 0.29) is 47.1 Å². The van der Waals surface area contributed by atoms with Crippen LogP contribution in [0.5, 0.6) is 0 Å². The third kappa shape index (κ3) is 5.48. The number of carbonyl (C=O) groups excluding carboxylic acids is 2. The van der Waals surface area contributed by atoms with Crippen LogP contribution in [0.1, 0.15) is 85.0 Å². The molecule has 3 heterocycles. The fourth-order valence-electron chi connectivity index (χ4n) is 10.3. The predicted octanol–water partition coefficient (Wildman–Crippen LogP) is 4.40. The topological polar surface area (TPSA) is 104 Å². The Balaban J connectivity index is 1.08. The molecule has 0 unspecified atom stereocenters. The molecular formula is C35H55N3O6. The molecule has 246 valence electrons. The van der Waals surface area contributed by atoms with Gasteiger partial charge >= 0.3 is 11.9 Å².